The molecule has 4 heteroatoms. The molecule has 2 aromatic rings. The van der Waals surface area contributed by atoms with Gasteiger partial charge in [0, 0.05) is 21.8 Å². The van der Waals surface area contributed by atoms with E-state index >= 15 is 0 Å². The smallest absolute Gasteiger partial charge is 0.219 e. The van der Waals surface area contributed by atoms with Gasteiger partial charge in [-0.15, -0.1) is 0 Å². The SMILES string of the molecule is OCc1cccnc1OCc1ccccc1Br. The first-order valence-electron chi connectivity index (χ1n) is 5.22. The Bertz CT molecular complexity index is 502. The molecule has 0 aliphatic heterocycles. The van der Waals surface area contributed by atoms with Crippen molar-refractivity contribution in [2.45, 2.75) is 13.2 Å². The van der Waals surface area contributed by atoms with E-state index in [0.29, 0.717) is 18.1 Å². The first-order chi connectivity index (χ1) is 8.31. The number of benzene rings is 1. The van der Waals surface area contributed by atoms with E-state index in [4.69, 9.17) is 9.84 Å². The fourth-order valence-electron chi connectivity index (χ4n) is 1.44. The lowest BCUT2D eigenvalue weighted by Gasteiger charge is -2.09. The molecule has 0 unspecified atom stereocenters. The van der Waals surface area contributed by atoms with Crippen LogP contribution in [-0.4, -0.2) is 10.1 Å². The quantitative estimate of drug-likeness (QED) is 0.942. The van der Waals surface area contributed by atoms with Crippen molar-refractivity contribution in [2.75, 3.05) is 0 Å². The standard InChI is InChI=1S/C13H12BrNO2/c14-12-6-2-1-4-11(12)9-17-13-10(8-16)5-3-7-15-13/h1-7,16H,8-9H2. The van der Waals surface area contributed by atoms with Crippen LogP contribution in [-0.2, 0) is 13.2 Å². The lowest BCUT2D eigenvalue weighted by molar-refractivity contribution is 0.252. The minimum atomic E-state index is -0.0703. The van der Waals surface area contributed by atoms with E-state index in [1.165, 1.54) is 0 Å². The van der Waals surface area contributed by atoms with Crippen molar-refractivity contribution in [1.29, 1.82) is 0 Å². The number of aliphatic hydroxyl groups is 1. The number of hydrogen-bond acceptors (Lipinski definition) is 3. The number of hydrogen-bond donors (Lipinski definition) is 1. The van der Waals surface area contributed by atoms with E-state index in [2.05, 4.69) is 20.9 Å². The summed E-state index contributed by atoms with van der Waals surface area (Å²) in [5.41, 5.74) is 1.74. The van der Waals surface area contributed by atoms with Crippen LogP contribution in [0, 0.1) is 0 Å². The molecule has 88 valence electrons. The second-order valence-corrected chi connectivity index (χ2v) is 4.36. The molecule has 0 atom stereocenters. The Hall–Kier alpha value is -1.39. The Morgan fingerprint density at radius 2 is 1.88 bits per heavy atom. The first kappa shape index (κ1) is 12.1. The molecule has 3 nitrogen and oxygen atoms in total. The maximum Gasteiger partial charge on any atom is 0.219 e. The van der Waals surface area contributed by atoms with Crippen LogP contribution < -0.4 is 4.74 Å². The minimum Gasteiger partial charge on any atom is -0.472 e. The third kappa shape index (κ3) is 3.05. The lowest BCUT2D eigenvalue weighted by atomic mass is 10.2. The summed E-state index contributed by atoms with van der Waals surface area (Å²) in [6.07, 6.45) is 1.65. The fourth-order valence-corrected chi connectivity index (χ4v) is 1.84. The minimum absolute atomic E-state index is 0.0703. The van der Waals surface area contributed by atoms with Crippen molar-refractivity contribution >= 4 is 15.9 Å². The van der Waals surface area contributed by atoms with Gasteiger partial charge in [0.2, 0.25) is 5.88 Å². The highest BCUT2D eigenvalue weighted by Gasteiger charge is 2.05. The highest BCUT2D eigenvalue weighted by molar-refractivity contribution is 9.10. The van der Waals surface area contributed by atoms with Gasteiger partial charge in [-0.1, -0.05) is 34.1 Å². The summed E-state index contributed by atoms with van der Waals surface area (Å²) in [4.78, 5) is 4.10. The van der Waals surface area contributed by atoms with Crippen LogP contribution in [0.3, 0.4) is 0 Å². The van der Waals surface area contributed by atoms with Gasteiger partial charge in [0.05, 0.1) is 6.61 Å². The van der Waals surface area contributed by atoms with Crippen LogP contribution >= 0.6 is 15.9 Å². The largest absolute Gasteiger partial charge is 0.472 e. The molecule has 0 fully saturated rings. The first-order valence-corrected chi connectivity index (χ1v) is 6.01. The number of aliphatic hydroxyl groups excluding tert-OH is 1. The molecule has 17 heavy (non-hydrogen) atoms. The van der Waals surface area contributed by atoms with E-state index in [9.17, 15) is 0 Å². The average molecular weight is 294 g/mol. The van der Waals surface area contributed by atoms with Crippen LogP contribution in [0.4, 0.5) is 0 Å². The average Bonchev–Trinajstić information content (AvgIpc) is 2.38. The van der Waals surface area contributed by atoms with Crippen molar-refractivity contribution in [3.05, 3.63) is 58.2 Å². The van der Waals surface area contributed by atoms with Gasteiger partial charge < -0.3 is 9.84 Å². The topological polar surface area (TPSA) is 42.4 Å². The van der Waals surface area contributed by atoms with Gasteiger partial charge in [-0.2, -0.15) is 0 Å². The van der Waals surface area contributed by atoms with Gasteiger partial charge in [-0.3, -0.25) is 0 Å². The molecule has 0 saturated carbocycles. The number of nitrogens with zero attached hydrogens (tertiary/aromatic N) is 1. The second kappa shape index (κ2) is 5.80. The second-order valence-electron chi connectivity index (χ2n) is 3.51. The summed E-state index contributed by atoms with van der Waals surface area (Å²) >= 11 is 3.46. The third-order valence-corrected chi connectivity index (χ3v) is 3.12. The molecule has 2 rings (SSSR count). The fraction of sp³-hybridized carbons (Fsp3) is 0.154. The normalized spacial score (nSPS) is 10.2. The van der Waals surface area contributed by atoms with Crippen LogP contribution in [0.1, 0.15) is 11.1 Å². The van der Waals surface area contributed by atoms with Crippen molar-refractivity contribution < 1.29 is 9.84 Å². The van der Waals surface area contributed by atoms with Crippen LogP contribution in [0.25, 0.3) is 0 Å². The Kier molecular flexibility index (Phi) is 4.12. The number of ether oxygens (including phenoxy) is 1. The van der Waals surface area contributed by atoms with E-state index in [-0.39, 0.29) is 6.61 Å². The van der Waals surface area contributed by atoms with E-state index in [1.807, 2.05) is 24.3 Å². The molecule has 0 amide bonds. The predicted octanol–water partition coefficient (Wildman–Crippen LogP) is 2.92. The molecule has 1 heterocycles. The zero-order chi connectivity index (χ0) is 12.1. The highest BCUT2D eigenvalue weighted by atomic mass is 79.9. The Morgan fingerprint density at radius 3 is 2.65 bits per heavy atom. The number of rotatable bonds is 4. The van der Waals surface area contributed by atoms with Crippen molar-refractivity contribution in [1.82, 2.24) is 4.98 Å². The summed E-state index contributed by atoms with van der Waals surface area (Å²) in [5, 5.41) is 9.14. The monoisotopic (exact) mass is 293 g/mol. The summed E-state index contributed by atoms with van der Waals surface area (Å²) in [7, 11) is 0. The molecule has 0 radical (unpaired) electrons. The van der Waals surface area contributed by atoms with Crippen molar-refractivity contribution in [2.24, 2.45) is 0 Å². The van der Waals surface area contributed by atoms with Gasteiger partial charge in [0.25, 0.3) is 0 Å². The Labute approximate surface area is 108 Å². The molecule has 1 aromatic carbocycles. The number of aromatic nitrogens is 1. The summed E-state index contributed by atoms with van der Waals surface area (Å²) < 4.78 is 6.60. The van der Waals surface area contributed by atoms with E-state index in [0.717, 1.165) is 10.0 Å². The summed E-state index contributed by atoms with van der Waals surface area (Å²) in [5.74, 6) is 0.478. The molecule has 0 spiro atoms. The molecule has 0 saturated heterocycles. The predicted molar refractivity (Wildman–Crippen MR) is 68.6 cm³/mol. The molecule has 0 bridgehead atoms. The molecule has 1 N–H and O–H groups in total. The Morgan fingerprint density at radius 1 is 1.12 bits per heavy atom. The lowest BCUT2D eigenvalue weighted by Crippen LogP contribution is -2.01. The van der Waals surface area contributed by atoms with Crippen LogP contribution in [0.2, 0.25) is 0 Å². The third-order valence-electron chi connectivity index (χ3n) is 2.34. The zero-order valence-electron chi connectivity index (χ0n) is 9.14. The van der Waals surface area contributed by atoms with Crippen molar-refractivity contribution in [3.8, 4) is 5.88 Å². The number of pyridine rings is 1. The molecular weight excluding hydrogens is 282 g/mol. The van der Waals surface area contributed by atoms with Gasteiger partial charge in [0.1, 0.15) is 6.61 Å². The molecule has 0 aliphatic carbocycles. The van der Waals surface area contributed by atoms with Crippen LogP contribution in [0.5, 0.6) is 5.88 Å². The van der Waals surface area contributed by atoms with Gasteiger partial charge in [-0.05, 0) is 18.2 Å². The summed E-state index contributed by atoms with van der Waals surface area (Å²) in [6.45, 7) is 0.352. The maximum absolute atomic E-state index is 9.14. The highest BCUT2D eigenvalue weighted by Crippen LogP contribution is 2.20. The maximum atomic E-state index is 9.14. The van der Waals surface area contributed by atoms with E-state index in [1.54, 1.807) is 18.3 Å². The van der Waals surface area contributed by atoms with Crippen LogP contribution in [0.15, 0.2) is 47.1 Å². The van der Waals surface area contributed by atoms with E-state index < -0.39 is 0 Å². The van der Waals surface area contributed by atoms with Gasteiger partial charge in [0.15, 0.2) is 0 Å². The molecule has 0 aliphatic rings. The van der Waals surface area contributed by atoms with Gasteiger partial charge in [-0.25, -0.2) is 4.98 Å². The molecular formula is C13H12BrNO2. The summed E-state index contributed by atoms with van der Waals surface area (Å²) in [6, 6.07) is 11.4. The number of halogens is 1. The van der Waals surface area contributed by atoms with Gasteiger partial charge >= 0.3 is 0 Å². The molecule has 1 aromatic heterocycles. The zero-order valence-corrected chi connectivity index (χ0v) is 10.7. The van der Waals surface area contributed by atoms with Crippen molar-refractivity contribution in [3.63, 3.8) is 0 Å². The Balaban J connectivity index is 2.10.